The lowest BCUT2D eigenvalue weighted by Gasteiger charge is -2.47. The van der Waals surface area contributed by atoms with Crippen molar-refractivity contribution in [1.82, 2.24) is 20.2 Å². The number of nitrogens with one attached hydrogen (secondary N) is 1. The van der Waals surface area contributed by atoms with E-state index in [4.69, 9.17) is 23.7 Å². The number of aliphatic hydroxyl groups is 1. The molecule has 302 valence electrons. The third-order valence-electron chi connectivity index (χ3n) is 11.8. The molecule has 5 heterocycles. The zero-order valence-corrected chi connectivity index (χ0v) is 33.7. The van der Waals surface area contributed by atoms with Gasteiger partial charge in [0.15, 0.2) is 17.7 Å². The van der Waals surface area contributed by atoms with Crippen LogP contribution in [0.5, 0.6) is 0 Å². The Morgan fingerprint density at radius 1 is 1.04 bits per heavy atom. The van der Waals surface area contributed by atoms with E-state index in [2.05, 4.69) is 15.3 Å². The van der Waals surface area contributed by atoms with E-state index < -0.39 is 83.4 Å². The molecule has 3 fully saturated rings. The van der Waals surface area contributed by atoms with Gasteiger partial charge in [0.1, 0.15) is 23.9 Å². The van der Waals surface area contributed by atoms with Gasteiger partial charge in [0.05, 0.1) is 41.5 Å². The number of alkyl carbamates (subject to hydrolysis) is 1. The van der Waals surface area contributed by atoms with Crippen LogP contribution in [0.2, 0.25) is 0 Å². The topological polar surface area (TPSA) is 176 Å². The van der Waals surface area contributed by atoms with Crippen molar-refractivity contribution in [3.63, 3.8) is 0 Å². The average molecular weight is 767 g/mol. The summed E-state index contributed by atoms with van der Waals surface area (Å²) < 4.78 is 31.3. The maximum Gasteiger partial charge on any atom is 0.408 e. The quantitative estimate of drug-likeness (QED) is 0.284. The van der Waals surface area contributed by atoms with E-state index in [1.54, 1.807) is 60.0 Å². The smallest absolute Gasteiger partial charge is 0.408 e. The minimum Gasteiger partial charge on any atom is -0.458 e. The molecule has 2 N–H and O–H groups in total. The van der Waals surface area contributed by atoms with E-state index in [9.17, 15) is 24.3 Å². The maximum atomic E-state index is 14.4. The fourth-order valence-electron chi connectivity index (χ4n) is 8.61. The van der Waals surface area contributed by atoms with Crippen LogP contribution in [0.25, 0.3) is 17.1 Å². The van der Waals surface area contributed by atoms with Crippen LogP contribution in [0.4, 0.5) is 4.79 Å². The third kappa shape index (κ3) is 8.93. The maximum absolute atomic E-state index is 14.4. The van der Waals surface area contributed by atoms with Gasteiger partial charge in [-0.25, -0.2) is 4.79 Å². The number of ether oxygens (including phenoxy) is 5. The molecule has 0 saturated carbocycles. The van der Waals surface area contributed by atoms with E-state index in [1.165, 1.54) is 6.92 Å². The zero-order valence-electron chi connectivity index (χ0n) is 33.7. The van der Waals surface area contributed by atoms with Crippen molar-refractivity contribution in [2.24, 2.45) is 23.7 Å². The van der Waals surface area contributed by atoms with Crippen LogP contribution in [0.3, 0.4) is 0 Å². The highest BCUT2D eigenvalue weighted by atomic mass is 16.7. The predicted molar refractivity (Wildman–Crippen MR) is 204 cm³/mol. The van der Waals surface area contributed by atoms with E-state index in [1.807, 2.05) is 50.2 Å². The van der Waals surface area contributed by atoms with Crippen LogP contribution in [0.1, 0.15) is 80.2 Å². The van der Waals surface area contributed by atoms with Gasteiger partial charge in [0.2, 0.25) is 0 Å². The summed E-state index contributed by atoms with van der Waals surface area (Å²) in [6.45, 7) is 13.8. The molecule has 2 aromatic heterocycles. The first-order valence-corrected chi connectivity index (χ1v) is 19.3. The molecule has 2 aromatic rings. The predicted octanol–water partition coefficient (Wildman–Crippen LogP) is 4.50. The van der Waals surface area contributed by atoms with Gasteiger partial charge in [-0.2, -0.15) is 0 Å². The molecule has 3 aliphatic heterocycles. The van der Waals surface area contributed by atoms with Crippen LogP contribution in [-0.4, -0.2) is 118 Å². The number of carbonyl (C=O) groups excluding carboxylic acids is 4. The number of esters is 1. The number of likely N-dealkylation sites (N-methyl/N-ethyl adjacent to an activating group) is 1. The molecule has 0 unspecified atom stereocenters. The molecule has 1 amide bonds. The number of cyclic esters (lactones) is 1. The number of amides is 1. The summed E-state index contributed by atoms with van der Waals surface area (Å²) in [4.78, 5) is 66.1. The summed E-state index contributed by atoms with van der Waals surface area (Å²) in [6.07, 6.45) is 2.66. The summed E-state index contributed by atoms with van der Waals surface area (Å²) in [5.41, 5.74) is -0.455. The number of nitrogens with zero attached hydrogens (tertiary/aromatic N) is 3. The highest BCUT2D eigenvalue weighted by Crippen LogP contribution is 2.40. The second kappa shape index (κ2) is 17.1. The Kier molecular flexibility index (Phi) is 13.2. The third-order valence-corrected chi connectivity index (χ3v) is 11.8. The molecule has 0 spiro atoms. The standard InChI is InChI=1S/C41H58N4O10/c1-11-31-41(8)35(44-39(50)55-41)24(4)32(46)22(2)20-40(7,51-17-13-14-27-19-29-28(43-21-27)15-12-16-42-29)36(25(5)33(47)26(6)37(49)53-31)54-38-34(48)30(45(9)10)18-23(3)52-38/h12-16,19,21-26,30-31,34-36,38,48H,11,17-18,20H2,1-10H3,(H,44,50)/b14-13+/t22-,23-,24+,25+,26-,30+,31-,34-,35-,36-,38+,40-,41-/m1/s1. The zero-order chi connectivity index (χ0) is 40.4. The lowest BCUT2D eigenvalue weighted by molar-refractivity contribution is -0.296. The Morgan fingerprint density at radius 3 is 2.45 bits per heavy atom. The second-order valence-electron chi connectivity index (χ2n) is 16.2. The molecule has 3 saturated heterocycles. The normalized spacial score (nSPS) is 38.1. The van der Waals surface area contributed by atoms with Gasteiger partial charge < -0.3 is 39.0 Å². The summed E-state index contributed by atoms with van der Waals surface area (Å²) in [5.74, 6) is -5.17. The number of hydrogen-bond acceptors (Lipinski definition) is 13. The van der Waals surface area contributed by atoms with Crippen LogP contribution >= 0.6 is 0 Å². The Hall–Kier alpha value is -3.82. The first-order chi connectivity index (χ1) is 25.9. The number of Topliss-reactive ketones (excluding diaryl/α,β-unsaturated/α-hetero) is 2. The molecule has 14 nitrogen and oxygen atoms in total. The van der Waals surface area contributed by atoms with Crippen molar-refractivity contribution in [2.45, 2.75) is 129 Å². The summed E-state index contributed by atoms with van der Waals surface area (Å²) in [7, 11) is 3.73. The number of carbonyl (C=O) groups is 4. The highest BCUT2D eigenvalue weighted by Gasteiger charge is 2.57. The fraction of sp³-hybridized carbons (Fsp3) is 0.659. The van der Waals surface area contributed by atoms with Gasteiger partial charge in [-0.3, -0.25) is 24.4 Å². The number of hydrogen-bond donors (Lipinski definition) is 2. The van der Waals surface area contributed by atoms with E-state index in [0.717, 1.165) is 16.6 Å². The van der Waals surface area contributed by atoms with Gasteiger partial charge >= 0.3 is 12.1 Å². The number of rotatable bonds is 8. The van der Waals surface area contributed by atoms with Crippen LogP contribution in [0, 0.1) is 23.7 Å². The Bertz CT molecular complexity index is 1750. The molecular weight excluding hydrogens is 708 g/mol. The molecule has 55 heavy (non-hydrogen) atoms. The summed E-state index contributed by atoms with van der Waals surface area (Å²) >= 11 is 0. The minimum atomic E-state index is -1.38. The lowest BCUT2D eigenvalue weighted by Crippen LogP contribution is -2.60. The monoisotopic (exact) mass is 766 g/mol. The second-order valence-corrected chi connectivity index (χ2v) is 16.2. The van der Waals surface area contributed by atoms with Crippen molar-refractivity contribution >= 4 is 40.7 Å². The highest BCUT2D eigenvalue weighted by molar-refractivity contribution is 6.00. The van der Waals surface area contributed by atoms with Crippen molar-refractivity contribution < 1.29 is 48.0 Å². The van der Waals surface area contributed by atoms with Gasteiger partial charge in [0, 0.05) is 36.2 Å². The van der Waals surface area contributed by atoms with Crippen LogP contribution in [-0.2, 0) is 38.1 Å². The number of fused-ring (bicyclic) bond motifs is 2. The van der Waals surface area contributed by atoms with Crippen LogP contribution in [0.15, 0.2) is 36.7 Å². The molecular formula is C41H58N4O10. The summed E-state index contributed by atoms with van der Waals surface area (Å²) in [5, 5.41) is 14.4. The van der Waals surface area contributed by atoms with Gasteiger partial charge in [-0.1, -0.05) is 39.8 Å². The number of aliphatic hydroxyl groups excluding tert-OH is 1. The van der Waals surface area contributed by atoms with Gasteiger partial charge in [-0.05, 0) is 84.8 Å². The van der Waals surface area contributed by atoms with Crippen LogP contribution < -0.4 is 5.32 Å². The first kappa shape index (κ1) is 42.3. The summed E-state index contributed by atoms with van der Waals surface area (Å²) in [6, 6.07) is 4.47. The van der Waals surface area contributed by atoms with E-state index >= 15 is 0 Å². The number of pyridine rings is 2. The lowest BCUT2D eigenvalue weighted by atomic mass is 9.73. The molecule has 14 heteroatoms. The molecule has 0 aromatic carbocycles. The molecule has 3 aliphatic rings. The SMILES string of the molecule is CC[C@H]1OC(=O)[C@H](C)C(=O)[C@H](C)[C@@H](O[C@@H]2O[C@H](C)C[C@H](N(C)C)[C@H]2O)[C@](C)(OC/C=C/c2cnc3cccnc3c2)C[C@@H](C)C(=O)[C@H](C)[C@H]2NC(=O)O[C@@]21C. The molecule has 0 bridgehead atoms. The Balaban J connectivity index is 1.56. The minimum absolute atomic E-state index is 0.0408. The average Bonchev–Trinajstić information content (AvgIpc) is 3.47. The number of aromatic nitrogens is 2. The molecule has 0 aliphatic carbocycles. The first-order valence-electron chi connectivity index (χ1n) is 19.3. The molecule has 5 rings (SSSR count). The molecule has 13 atom stereocenters. The Morgan fingerprint density at radius 2 is 1.76 bits per heavy atom. The van der Waals surface area contributed by atoms with Crippen molar-refractivity contribution in [3.05, 3.63) is 42.2 Å². The number of ketones is 2. The van der Waals surface area contributed by atoms with E-state index in [-0.39, 0.29) is 37.4 Å². The van der Waals surface area contributed by atoms with Gasteiger partial charge in [0.25, 0.3) is 0 Å². The fourth-order valence-corrected chi connectivity index (χ4v) is 8.61. The van der Waals surface area contributed by atoms with E-state index in [0.29, 0.717) is 6.42 Å². The Labute approximate surface area is 323 Å². The van der Waals surface area contributed by atoms with Crippen molar-refractivity contribution in [1.29, 1.82) is 0 Å². The molecule has 0 radical (unpaired) electrons. The van der Waals surface area contributed by atoms with Gasteiger partial charge in [-0.15, -0.1) is 0 Å². The van der Waals surface area contributed by atoms with Crippen molar-refractivity contribution in [2.75, 3.05) is 20.7 Å². The van der Waals surface area contributed by atoms with Crippen molar-refractivity contribution in [3.8, 4) is 0 Å². The largest absolute Gasteiger partial charge is 0.458 e.